The van der Waals surface area contributed by atoms with Crippen molar-refractivity contribution in [1.29, 1.82) is 0 Å². The van der Waals surface area contributed by atoms with E-state index in [2.05, 4.69) is 16.0 Å². The average molecular weight is 607 g/mol. The lowest BCUT2D eigenvalue weighted by Gasteiger charge is -2.26. The van der Waals surface area contributed by atoms with Crippen LogP contribution in [0.1, 0.15) is 65.0 Å². The highest BCUT2D eigenvalue weighted by molar-refractivity contribution is 5.87. The molecule has 3 amide bonds. The van der Waals surface area contributed by atoms with Gasteiger partial charge in [0.2, 0.25) is 18.2 Å². The molecule has 0 saturated carbocycles. The summed E-state index contributed by atoms with van der Waals surface area (Å²) in [4.78, 5) is 35.0. The number of rotatable bonds is 15. The number of hydrogen-bond acceptors (Lipinski definition) is 5. The quantitative estimate of drug-likeness (QED) is 0.195. The van der Waals surface area contributed by atoms with Crippen LogP contribution in [-0.4, -0.2) is 69.0 Å². The van der Waals surface area contributed by atoms with E-state index < -0.39 is 0 Å². The molecule has 0 aliphatic heterocycles. The summed E-state index contributed by atoms with van der Waals surface area (Å²) in [7, 11) is 3.43. The highest BCUT2D eigenvalue weighted by Crippen LogP contribution is 2.23. The third-order valence-electron chi connectivity index (χ3n) is 6.42. The predicted octanol–water partition coefficient (Wildman–Crippen LogP) is 5.03. The van der Waals surface area contributed by atoms with Crippen LogP contribution in [-0.2, 0) is 20.8 Å². The van der Waals surface area contributed by atoms with Crippen molar-refractivity contribution in [2.75, 3.05) is 33.7 Å². The number of nitrogens with zero attached hydrogens (tertiary/aromatic N) is 1. The molecule has 0 spiro atoms. The lowest BCUT2D eigenvalue weighted by molar-refractivity contribution is -0.137. The largest absolute Gasteiger partial charge is 0.491 e. The van der Waals surface area contributed by atoms with Gasteiger partial charge in [-0.1, -0.05) is 44.0 Å². The first-order valence-corrected chi connectivity index (χ1v) is 14.9. The fourth-order valence-electron chi connectivity index (χ4n) is 3.90. The van der Waals surface area contributed by atoms with Crippen LogP contribution in [0.3, 0.4) is 0 Å². The molecule has 0 aliphatic carbocycles. The molecule has 242 valence electrons. The number of hydrogen-bond donors (Lipinski definition) is 3. The zero-order valence-electron chi connectivity index (χ0n) is 27.1. The normalized spacial score (nSPS) is 11.6. The second-order valence-corrected chi connectivity index (χ2v) is 10.5. The summed E-state index contributed by atoms with van der Waals surface area (Å²) >= 11 is 0. The van der Waals surface area contributed by atoms with Crippen molar-refractivity contribution in [3.8, 4) is 5.75 Å². The first-order chi connectivity index (χ1) is 20.4. The van der Waals surface area contributed by atoms with Crippen LogP contribution in [0.5, 0.6) is 5.75 Å². The zero-order chi connectivity index (χ0) is 32.8. The van der Waals surface area contributed by atoms with Gasteiger partial charge in [0.15, 0.2) is 0 Å². The fraction of sp³-hybridized carbons (Fsp3) is 0.545. The average Bonchev–Trinajstić information content (AvgIpc) is 2.96. The van der Waals surface area contributed by atoms with Crippen molar-refractivity contribution in [2.24, 2.45) is 5.92 Å². The van der Waals surface area contributed by atoms with Gasteiger partial charge in [-0.15, -0.1) is 0 Å². The van der Waals surface area contributed by atoms with E-state index in [-0.39, 0.29) is 48.1 Å². The van der Waals surface area contributed by atoms with Gasteiger partial charge in [0.05, 0.1) is 18.7 Å². The van der Waals surface area contributed by atoms with Crippen LogP contribution in [0, 0.1) is 24.5 Å². The van der Waals surface area contributed by atoms with E-state index in [4.69, 9.17) is 4.74 Å². The number of carbonyl (C=O) groups is 3. The molecule has 2 atom stereocenters. The fourth-order valence-corrected chi connectivity index (χ4v) is 3.90. The van der Waals surface area contributed by atoms with Gasteiger partial charge in [-0.05, 0) is 83.7 Å². The number of benzene rings is 2. The molecule has 3 N–H and O–H groups in total. The smallest absolute Gasteiger partial charge is 0.240 e. The second-order valence-electron chi connectivity index (χ2n) is 10.5. The Bertz CT molecular complexity index is 1050. The third kappa shape index (κ3) is 17.9. The number of halogens is 2. The van der Waals surface area contributed by atoms with Crippen LogP contribution >= 0.6 is 0 Å². The van der Waals surface area contributed by atoms with Gasteiger partial charge in [0.1, 0.15) is 17.4 Å². The van der Waals surface area contributed by atoms with Crippen molar-refractivity contribution in [3.05, 3.63) is 65.2 Å². The Hall–Kier alpha value is -3.53. The maximum atomic E-state index is 13.2. The highest BCUT2D eigenvalue weighted by atomic mass is 19.1. The molecule has 0 heterocycles. The zero-order valence-corrected chi connectivity index (χ0v) is 27.1. The minimum atomic E-state index is -0.281. The molecule has 43 heavy (non-hydrogen) atoms. The lowest BCUT2D eigenvalue weighted by atomic mass is 9.98. The lowest BCUT2D eigenvalue weighted by Crippen LogP contribution is -2.49. The van der Waals surface area contributed by atoms with Crippen LogP contribution < -0.4 is 20.7 Å². The summed E-state index contributed by atoms with van der Waals surface area (Å²) in [5.41, 5.74) is 2.10. The number of likely N-dealkylation sites (N-methyl/N-ethyl adjacent to an activating group) is 3. The van der Waals surface area contributed by atoms with Crippen molar-refractivity contribution >= 4 is 18.2 Å². The first-order valence-electron chi connectivity index (χ1n) is 14.9. The SMILES string of the molecule is CC(C)Oc1cc(F)ccc1CCCCNC=O.CCNC(=O)CN(C)C(=O)C(NC)C(C)CC.Cc1ccc(F)cc1. The van der Waals surface area contributed by atoms with Crippen LogP contribution in [0.25, 0.3) is 0 Å². The molecule has 0 bridgehead atoms. The molecule has 0 aromatic heterocycles. The standard InChI is InChI=1S/C14H20FNO2.C12H25N3O2.C7H7F/c1-11(2)18-14-9-13(15)7-6-12(14)5-3-4-8-16-10-17;1-6-9(3)11(13-4)12(17)15(5)8-10(16)14-7-2;1-6-2-4-7(8)5-3-6/h6-7,9-11H,3-5,8H2,1-2H3,(H,16,17);9,11,13H,6-8H2,1-5H3,(H,14,16);2-5H,1H3. The number of aryl methyl sites for hydroxylation is 2. The Morgan fingerprint density at radius 3 is 2.14 bits per heavy atom. The number of ether oxygens (including phenoxy) is 1. The van der Waals surface area contributed by atoms with Gasteiger partial charge in [0, 0.05) is 26.2 Å². The van der Waals surface area contributed by atoms with E-state index in [9.17, 15) is 23.2 Å². The number of amides is 3. The number of unbranched alkanes of at least 4 members (excludes halogenated alkanes) is 1. The van der Waals surface area contributed by atoms with Crippen molar-refractivity contribution in [2.45, 2.75) is 79.4 Å². The van der Waals surface area contributed by atoms with E-state index in [0.717, 1.165) is 36.8 Å². The molecular formula is C33H52F2N4O4. The van der Waals surface area contributed by atoms with Gasteiger partial charge >= 0.3 is 0 Å². The molecule has 0 saturated heterocycles. The number of carbonyl (C=O) groups excluding carboxylic acids is 3. The molecule has 0 fully saturated rings. The summed E-state index contributed by atoms with van der Waals surface area (Å²) in [5.74, 6) is 0.264. The van der Waals surface area contributed by atoms with Gasteiger partial charge in [-0.25, -0.2) is 8.78 Å². The van der Waals surface area contributed by atoms with E-state index in [1.807, 2.05) is 41.5 Å². The molecule has 2 unspecified atom stereocenters. The minimum Gasteiger partial charge on any atom is -0.491 e. The van der Waals surface area contributed by atoms with Crippen LogP contribution in [0.15, 0.2) is 42.5 Å². The van der Waals surface area contributed by atoms with E-state index in [0.29, 0.717) is 25.2 Å². The monoisotopic (exact) mass is 606 g/mol. The van der Waals surface area contributed by atoms with Gasteiger partial charge < -0.3 is 25.6 Å². The summed E-state index contributed by atoms with van der Waals surface area (Å²) in [6.07, 6.45) is 4.31. The Kier molecular flexibility index (Phi) is 21.1. The van der Waals surface area contributed by atoms with E-state index in [1.54, 1.807) is 32.3 Å². The first kappa shape index (κ1) is 39.5. The molecule has 2 aromatic carbocycles. The molecule has 2 rings (SSSR count). The summed E-state index contributed by atoms with van der Waals surface area (Å²) in [6.45, 7) is 13.1. The molecule has 0 aliphatic rings. The second kappa shape index (κ2) is 23.0. The molecular weight excluding hydrogens is 554 g/mol. The highest BCUT2D eigenvalue weighted by Gasteiger charge is 2.25. The summed E-state index contributed by atoms with van der Waals surface area (Å²) in [6, 6.07) is 10.8. The van der Waals surface area contributed by atoms with E-state index in [1.165, 1.54) is 29.2 Å². The maximum Gasteiger partial charge on any atom is 0.240 e. The van der Waals surface area contributed by atoms with Gasteiger partial charge in [-0.2, -0.15) is 0 Å². The van der Waals surface area contributed by atoms with Gasteiger partial charge in [0.25, 0.3) is 0 Å². The summed E-state index contributed by atoms with van der Waals surface area (Å²) < 4.78 is 30.8. The van der Waals surface area contributed by atoms with Crippen LogP contribution in [0.2, 0.25) is 0 Å². The van der Waals surface area contributed by atoms with E-state index >= 15 is 0 Å². The van der Waals surface area contributed by atoms with Crippen LogP contribution in [0.4, 0.5) is 8.78 Å². The minimum absolute atomic E-state index is 0.0299. The van der Waals surface area contributed by atoms with Crippen molar-refractivity contribution < 1.29 is 27.9 Å². The predicted molar refractivity (Wildman–Crippen MR) is 169 cm³/mol. The number of nitrogens with one attached hydrogen (secondary N) is 3. The van der Waals surface area contributed by atoms with Gasteiger partial charge in [-0.3, -0.25) is 14.4 Å². The Balaban J connectivity index is 0.000000657. The molecule has 10 heteroatoms. The Labute approximate surface area is 257 Å². The molecule has 8 nitrogen and oxygen atoms in total. The maximum absolute atomic E-state index is 13.2. The Morgan fingerprint density at radius 1 is 1.00 bits per heavy atom. The topological polar surface area (TPSA) is 99.8 Å². The van der Waals surface area contributed by atoms with Crippen molar-refractivity contribution in [3.63, 3.8) is 0 Å². The Morgan fingerprint density at radius 2 is 1.63 bits per heavy atom. The molecule has 2 aromatic rings. The molecule has 0 radical (unpaired) electrons. The third-order valence-corrected chi connectivity index (χ3v) is 6.42. The summed E-state index contributed by atoms with van der Waals surface area (Å²) in [5, 5.41) is 8.31. The van der Waals surface area contributed by atoms with Crippen molar-refractivity contribution in [1.82, 2.24) is 20.9 Å².